The maximum atomic E-state index is 12.3. The number of non-ortho nitro benzene ring substituents is 1. The molecule has 7 nitrogen and oxygen atoms in total. The number of nitrogens with zero attached hydrogens (tertiary/aromatic N) is 2. The van der Waals surface area contributed by atoms with E-state index < -0.39 is 10.8 Å². The van der Waals surface area contributed by atoms with Crippen molar-refractivity contribution in [3.05, 3.63) is 63.2 Å². The van der Waals surface area contributed by atoms with Crippen molar-refractivity contribution in [2.24, 2.45) is 0 Å². The van der Waals surface area contributed by atoms with Crippen LogP contribution < -0.4 is 10.2 Å². The van der Waals surface area contributed by atoms with Crippen LogP contribution >= 0.6 is 11.6 Å². The Morgan fingerprint density at radius 2 is 1.96 bits per heavy atom. The summed E-state index contributed by atoms with van der Waals surface area (Å²) >= 11 is 6.34. The van der Waals surface area contributed by atoms with E-state index in [2.05, 4.69) is 10.2 Å². The fourth-order valence-corrected chi connectivity index (χ4v) is 2.91. The molecule has 1 saturated heterocycles. The third-order valence-corrected chi connectivity index (χ3v) is 4.18. The molecule has 1 heterocycles. The van der Waals surface area contributed by atoms with Crippen molar-refractivity contribution in [1.29, 1.82) is 0 Å². The second-order valence-electron chi connectivity index (χ2n) is 5.53. The number of anilines is 2. The SMILES string of the molecule is O=C(Nc1ccc(N2CCOCC2)c(Cl)c1)c1cccc([N+](=O)[O-])c1. The zero-order valence-corrected chi connectivity index (χ0v) is 14.0. The van der Waals surface area contributed by atoms with Crippen molar-refractivity contribution in [3.8, 4) is 0 Å². The second-order valence-corrected chi connectivity index (χ2v) is 5.93. The number of carbonyl (C=O) groups excluding carboxylic acids is 1. The number of morpholine rings is 1. The summed E-state index contributed by atoms with van der Waals surface area (Å²) in [7, 11) is 0. The van der Waals surface area contributed by atoms with E-state index in [9.17, 15) is 14.9 Å². The van der Waals surface area contributed by atoms with Crippen molar-refractivity contribution in [2.75, 3.05) is 36.5 Å². The second kappa shape index (κ2) is 7.50. The first kappa shape index (κ1) is 17.2. The van der Waals surface area contributed by atoms with Gasteiger partial charge in [-0.25, -0.2) is 0 Å². The van der Waals surface area contributed by atoms with Gasteiger partial charge in [-0.1, -0.05) is 17.7 Å². The largest absolute Gasteiger partial charge is 0.378 e. The topological polar surface area (TPSA) is 84.7 Å². The van der Waals surface area contributed by atoms with Crippen LogP contribution in [0.2, 0.25) is 5.02 Å². The van der Waals surface area contributed by atoms with Gasteiger partial charge in [-0.15, -0.1) is 0 Å². The summed E-state index contributed by atoms with van der Waals surface area (Å²) in [6.45, 7) is 2.83. The predicted molar refractivity (Wildman–Crippen MR) is 95.5 cm³/mol. The van der Waals surface area contributed by atoms with E-state index in [0.717, 1.165) is 18.8 Å². The Morgan fingerprint density at radius 1 is 1.20 bits per heavy atom. The minimum absolute atomic E-state index is 0.131. The number of carbonyl (C=O) groups is 1. The molecule has 2 aromatic rings. The number of rotatable bonds is 4. The Bertz CT molecular complexity index is 806. The fraction of sp³-hybridized carbons (Fsp3) is 0.235. The lowest BCUT2D eigenvalue weighted by Gasteiger charge is -2.29. The smallest absolute Gasteiger partial charge is 0.270 e. The standard InChI is InChI=1S/C17H16ClN3O4/c18-15-11-13(4-5-16(15)20-6-8-25-9-7-20)19-17(22)12-2-1-3-14(10-12)21(23)24/h1-5,10-11H,6-9H2,(H,19,22). The van der Waals surface area contributed by atoms with Gasteiger partial charge in [-0.2, -0.15) is 0 Å². The van der Waals surface area contributed by atoms with Gasteiger partial charge in [0.2, 0.25) is 0 Å². The van der Waals surface area contributed by atoms with E-state index in [0.29, 0.717) is 23.9 Å². The molecule has 0 bridgehead atoms. The number of halogens is 1. The van der Waals surface area contributed by atoms with Gasteiger partial charge in [-0.05, 0) is 24.3 Å². The average molecular weight is 362 g/mol. The summed E-state index contributed by atoms with van der Waals surface area (Å²) < 4.78 is 5.32. The molecule has 8 heteroatoms. The zero-order valence-electron chi connectivity index (χ0n) is 13.3. The summed E-state index contributed by atoms with van der Waals surface area (Å²) in [4.78, 5) is 24.7. The highest BCUT2D eigenvalue weighted by Crippen LogP contribution is 2.29. The van der Waals surface area contributed by atoms with Crippen LogP contribution in [0.5, 0.6) is 0 Å². The highest BCUT2D eigenvalue weighted by molar-refractivity contribution is 6.33. The molecular formula is C17H16ClN3O4. The molecule has 1 fully saturated rings. The summed E-state index contributed by atoms with van der Waals surface area (Å²) in [5, 5.41) is 14.0. The summed E-state index contributed by atoms with van der Waals surface area (Å²) in [6.07, 6.45) is 0. The van der Waals surface area contributed by atoms with Crippen LogP contribution in [0, 0.1) is 10.1 Å². The van der Waals surface area contributed by atoms with Crippen LogP contribution in [-0.2, 0) is 4.74 Å². The van der Waals surface area contributed by atoms with E-state index in [4.69, 9.17) is 16.3 Å². The molecule has 3 rings (SSSR count). The van der Waals surface area contributed by atoms with Gasteiger partial charge in [0, 0.05) is 36.5 Å². The maximum absolute atomic E-state index is 12.3. The third-order valence-electron chi connectivity index (χ3n) is 3.88. The number of ether oxygens (including phenoxy) is 1. The molecule has 0 aromatic heterocycles. The molecule has 0 atom stereocenters. The molecule has 130 valence electrons. The number of nitrogens with one attached hydrogen (secondary N) is 1. The molecule has 25 heavy (non-hydrogen) atoms. The first-order chi connectivity index (χ1) is 12.0. The Hall–Kier alpha value is -2.64. The highest BCUT2D eigenvalue weighted by atomic mass is 35.5. The number of hydrogen-bond acceptors (Lipinski definition) is 5. The molecule has 2 aromatic carbocycles. The minimum atomic E-state index is -0.537. The number of amides is 1. The van der Waals surface area contributed by atoms with Crippen molar-refractivity contribution in [1.82, 2.24) is 0 Å². The van der Waals surface area contributed by atoms with Gasteiger partial charge in [-0.3, -0.25) is 14.9 Å². The van der Waals surface area contributed by atoms with Crippen LogP contribution in [0.25, 0.3) is 0 Å². The van der Waals surface area contributed by atoms with Gasteiger partial charge in [0.15, 0.2) is 0 Å². The van der Waals surface area contributed by atoms with Gasteiger partial charge in [0.1, 0.15) is 0 Å². The van der Waals surface area contributed by atoms with E-state index in [1.54, 1.807) is 12.1 Å². The maximum Gasteiger partial charge on any atom is 0.270 e. The van der Waals surface area contributed by atoms with E-state index in [-0.39, 0.29) is 11.3 Å². The van der Waals surface area contributed by atoms with Crippen LogP contribution in [0.3, 0.4) is 0 Å². The fourth-order valence-electron chi connectivity index (χ4n) is 2.61. The van der Waals surface area contributed by atoms with Crippen molar-refractivity contribution in [2.45, 2.75) is 0 Å². The lowest BCUT2D eigenvalue weighted by Crippen LogP contribution is -2.36. The monoisotopic (exact) mass is 361 g/mol. The van der Waals surface area contributed by atoms with Crippen molar-refractivity contribution < 1.29 is 14.5 Å². The first-order valence-electron chi connectivity index (χ1n) is 7.72. The number of nitro benzene ring substituents is 1. The molecule has 1 N–H and O–H groups in total. The Morgan fingerprint density at radius 3 is 2.64 bits per heavy atom. The van der Waals surface area contributed by atoms with E-state index >= 15 is 0 Å². The number of hydrogen-bond donors (Lipinski definition) is 1. The molecule has 1 amide bonds. The quantitative estimate of drug-likeness (QED) is 0.667. The van der Waals surface area contributed by atoms with Crippen LogP contribution in [-0.4, -0.2) is 37.1 Å². The normalized spacial score (nSPS) is 14.2. The van der Waals surface area contributed by atoms with Crippen molar-refractivity contribution >= 4 is 34.6 Å². The highest BCUT2D eigenvalue weighted by Gasteiger charge is 2.16. The predicted octanol–water partition coefficient (Wildman–Crippen LogP) is 3.34. The van der Waals surface area contributed by atoms with E-state index in [1.165, 1.54) is 24.3 Å². The lowest BCUT2D eigenvalue weighted by atomic mass is 10.2. The first-order valence-corrected chi connectivity index (χ1v) is 8.10. The van der Waals surface area contributed by atoms with E-state index in [1.807, 2.05) is 6.07 Å². The van der Waals surface area contributed by atoms with Gasteiger partial charge in [0.05, 0.1) is 28.8 Å². The van der Waals surface area contributed by atoms with Gasteiger partial charge < -0.3 is 15.0 Å². The molecule has 0 radical (unpaired) electrons. The van der Waals surface area contributed by atoms with Crippen LogP contribution in [0.15, 0.2) is 42.5 Å². The molecule has 0 saturated carbocycles. The van der Waals surface area contributed by atoms with Crippen LogP contribution in [0.4, 0.5) is 17.1 Å². The summed E-state index contributed by atoms with van der Waals surface area (Å²) in [6, 6.07) is 10.8. The lowest BCUT2D eigenvalue weighted by molar-refractivity contribution is -0.384. The minimum Gasteiger partial charge on any atom is -0.378 e. The summed E-state index contributed by atoms with van der Waals surface area (Å²) in [5.41, 5.74) is 1.49. The zero-order chi connectivity index (χ0) is 17.8. The molecule has 0 aliphatic carbocycles. The number of nitro groups is 1. The Labute approximate surface area is 149 Å². The Kier molecular flexibility index (Phi) is 5.16. The molecule has 1 aliphatic heterocycles. The average Bonchev–Trinajstić information content (AvgIpc) is 2.62. The van der Waals surface area contributed by atoms with Gasteiger partial charge >= 0.3 is 0 Å². The molecule has 1 aliphatic rings. The number of benzene rings is 2. The van der Waals surface area contributed by atoms with Crippen LogP contribution in [0.1, 0.15) is 10.4 Å². The third kappa shape index (κ3) is 4.07. The summed E-state index contributed by atoms with van der Waals surface area (Å²) in [5.74, 6) is -0.432. The molecule has 0 unspecified atom stereocenters. The van der Waals surface area contributed by atoms with Gasteiger partial charge in [0.25, 0.3) is 11.6 Å². The molecular weight excluding hydrogens is 346 g/mol. The van der Waals surface area contributed by atoms with Crippen molar-refractivity contribution in [3.63, 3.8) is 0 Å². The molecule has 0 spiro atoms. The Balaban J connectivity index is 1.74.